The fourth-order valence-corrected chi connectivity index (χ4v) is 2.35. The highest BCUT2D eigenvalue weighted by Gasteiger charge is 2.49. The van der Waals surface area contributed by atoms with Crippen LogP contribution in [0.25, 0.3) is 0 Å². The summed E-state index contributed by atoms with van der Waals surface area (Å²) in [6, 6.07) is 9.96. The van der Waals surface area contributed by atoms with Crippen LogP contribution < -0.4 is 4.90 Å². The van der Waals surface area contributed by atoms with Crippen molar-refractivity contribution in [3.05, 3.63) is 29.8 Å². The van der Waals surface area contributed by atoms with Gasteiger partial charge < -0.3 is 9.64 Å². The van der Waals surface area contributed by atoms with Gasteiger partial charge in [-0.3, -0.25) is 4.79 Å². The van der Waals surface area contributed by atoms with Crippen molar-refractivity contribution in [2.24, 2.45) is 5.41 Å². The number of para-hydroxylation sites is 1. The van der Waals surface area contributed by atoms with E-state index in [1.165, 1.54) is 5.56 Å². The van der Waals surface area contributed by atoms with Crippen LogP contribution >= 0.6 is 0 Å². The molecule has 0 aromatic heterocycles. The van der Waals surface area contributed by atoms with E-state index in [4.69, 9.17) is 10.00 Å². The third-order valence-electron chi connectivity index (χ3n) is 3.45. The highest BCUT2D eigenvalue weighted by molar-refractivity contribution is 6.01. The van der Waals surface area contributed by atoms with E-state index in [9.17, 15) is 4.79 Å². The van der Waals surface area contributed by atoms with E-state index in [1.807, 2.05) is 24.3 Å². The number of nitriles is 1. The Kier molecular flexibility index (Phi) is 2.17. The van der Waals surface area contributed by atoms with Crippen molar-refractivity contribution < 1.29 is 9.53 Å². The third kappa shape index (κ3) is 1.36. The number of carbonyl (C=O) groups excluding carboxylic acids is 1. The minimum absolute atomic E-state index is 0.115. The van der Waals surface area contributed by atoms with Crippen LogP contribution in [0.5, 0.6) is 0 Å². The molecule has 1 amide bonds. The lowest BCUT2D eigenvalue weighted by atomic mass is 9.86. The van der Waals surface area contributed by atoms with Crippen LogP contribution in [0.3, 0.4) is 0 Å². The smallest absolute Gasteiger partial charge is 0.252 e. The molecule has 4 nitrogen and oxygen atoms in total. The second kappa shape index (κ2) is 3.57. The molecule has 86 valence electrons. The molecular formula is C13H12N2O2. The van der Waals surface area contributed by atoms with Crippen LogP contribution in [0, 0.1) is 16.7 Å². The van der Waals surface area contributed by atoms with Gasteiger partial charge in [-0.05, 0) is 18.1 Å². The molecule has 1 aromatic carbocycles. The number of carbonyl (C=O) groups is 1. The molecule has 0 radical (unpaired) electrons. The molecular weight excluding hydrogens is 216 g/mol. The largest absolute Gasteiger partial charge is 0.377 e. The number of rotatable bonds is 1. The number of hydrogen-bond donors (Lipinski definition) is 0. The van der Waals surface area contributed by atoms with Crippen LogP contribution in [-0.2, 0) is 16.0 Å². The first kappa shape index (κ1) is 10.3. The van der Waals surface area contributed by atoms with E-state index in [1.54, 1.807) is 4.90 Å². The van der Waals surface area contributed by atoms with Gasteiger partial charge in [0.1, 0.15) is 0 Å². The Hall–Kier alpha value is -1.86. The van der Waals surface area contributed by atoms with Gasteiger partial charge in [-0.1, -0.05) is 18.2 Å². The fraction of sp³-hybridized carbons (Fsp3) is 0.385. The van der Waals surface area contributed by atoms with Crippen LogP contribution in [-0.4, -0.2) is 25.7 Å². The Morgan fingerprint density at radius 2 is 2.18 bits per heavy atom. The number of anilines is 1. The van der Waals surface area contributed by atoms with Crippen molar-refractivity contribution in [1.29, 1.82) is 5.26 Å². The molecule has 17 heavy (non-hydrogen) atoms. The Bertz CT molecular complexity index is 514. The fourth-order valence-electron chi connectivity index (χ4n) is 2.35. The maximum atomic E-state index is 12.4. The van der Waals surface area contributed by atoms with Crippen molar-refractivity contribution in [2.75, 3.05) is 24.7 Å². The number of benzene rings is 1. The number of hydrogen-bond acceptors (Lipinski definition) is 3. The minimum Gasteiger partial charge on any atom is -0.377 e. The summed E-state index contributed by atoms with van der Waals surface area (Å²) in [5.74, 6) is -0.115. The van der Waals surface area contributed by atoms with Crippen molar-refractivity contribution in [3.63, 3.8) is 0 Å². The molecule has 2 aliphatic rings. The molecule has 4 heteroatoms. The zero-order chi connectivity index (χ0) is 11.9. The summed E-state index contributed by atoms with van der Waals surface area (Å²) in [7, 11) is 0. The van der Waals surface area contributed by atoms with Crippen molar-refractivity contribution in [3.8, 4) is 6.07 Å². The molecule has 0 unspecified atom stereocenters. The predicted molar refractivity (Wildman–Crippen MR) is 61.4 cm³/mol. The summed E-state index contributed by atoms with van der Waals surface area (Å²) in [4.78, 5) is 14.1. The Morgan fingerprint density at radius 3 is 2.82 bits per heavy atom. The highest BCUT2D eigenvalue weighted by atomic mass is 16.5. The molecule has 0 bridgehead atoms. The van der Waals surface area contributed by atoms with Gasteiger partial charge in [0.15, 0.2) is 5.41 Å². The summed E-state index contributed by atoms with van der Waals surface area (Å²) in [5, 5.41) is 9.14. The topological polar surface area (TPSA) is 53.3 Å². The summed E-state index contributed by atoms with van der Waals surface area (Å²) in [6.45, 7) is 1.11. The van der Waals surface area contributed by atoms with E-state index < -0.39 is 5.41 Å². The number of ether oxygens (including phenoxy) is 1. The van der Waals surface area contributed by atoms with Gasteiger partial charge in [0.2, 0.25) is 0 Å². The van der Waals surface area contributed by atoms with Gasteiger partial charge in [0, 0.05) is 12.2 Å². The van der Waals surface area contributed by atoms with Crippen LogP contribution in [0.2, 0.25) is 0 Å². The van der Waals surface area contributed by atoms with Crippen LogP contribution in [0.4, 0.5) is 5.69 Å². The van der Waals surface area contributed by atoms with Gasteiger partial charge in [-0.2, -0.15) is 5.26 Å². The Balaban J connectivity index is 1.93. The SMILES string of the molecule is N#CC1(C(=O)N2CCc3ccccc32)COC1. The lowest BCUT2D eigenvalue weighted by Crippen LogP contribution is -2.54. The summed E-state index contributed by atoms with van der Waals surface area (Å²) >= 11 is 0. The normalized spacial score (nSPS) is 20.3. The lowest BCUT2D eigenvalue weighted by Gasteiger charge is -2.36. The predicted octanol–water partition coefficient (Wildman–Crippen LogP) is 1.12. The average molecular weight is 228 g/mol. The second-order valence-electron chi connectivity index (χ2n) is 4.52. The van der Waals surface area contributed by atoms with Gasteiger partial charge >= 0.3 is 0 Å². The third-order valence-corrected chi connectivity index (χ3v) is 3.45. The average Bonchev–Trinajstić information content (AvgIpc) is 2.71. The molecule has 1 aromatic rings. The van der Waals surface area contributed by atoms with E-state index >= 15 is 0 Å². The molecule has 3 rings (SSSR count). The number of fused-ring (bicyclic) bond motifs is 1. The van der Waals surface area contributed by atoms with Crippen LogP contribution in [0.15, 0.2) is 24.3 Å². The minimum atomic E-state index is -0.947. The zero-order valence-electron chi connectivity index (χ0n) is 9.35. The number of amides is 1. The molecule has 0 aliphatic carbocycles. The molecule has 2 aliphatic heterocycles. The van der Waals surface area contributed by atoms with E-state index in [0.717, 1.165) is 12.1 Å². The standard InChI is InChI=1S/C13H12N2O2/c14-7-13(8-17-9-13)12(16)15-6-5-10-3-1-2-4-11(10)15/h1-4H,5-6,8-9H2. The van der Waals surface area contributed by atoms with Crippen molar-refractivity contribution in [1.82, 2.24) is 0 Å². The highest BCUT2D eigenvalue weighted by Crippen LogP contribution is 2.35. The quantitative estimate of drug-likeness (QED) is 0.723. The Labute approximate surface area is 99.4 Å². The molecule has 0 spiro atoms. The van der Waals surface area contributed by atoms with Gasteiger partial charge in [-0.15, -0.1) is 0 Å². The Morgan fingerprint density at radius 1 is 1.41 bits per heavy atom. The molecule has 0 saturated carbocycles. The number of nitrogens with zero attached hydrogens (tertiary/aromatic N) is 2. The molecule has 1 fully saturated rings. The molecule has 1 saturated heterocycles. The molecule has 0 atom stereocenters. The van der Waals surface area contributed by atoms with Gasteiger partial charge in [0.05, 0.1) is 19.3 Å². The van der Waals surface area contributed by atoms with Crippen molar-refractivity contribution >= 4 is 11.6 Å². The van der Waals surface area contributed by atoms with Gasteiger partial charge in [0.25, 0.3) is 5.91 Å². The van der Waals surface area contributed by atoms with Crippen LogP contribution in [0.1, 0.15) is 5.56 Å². The zero-order valence-corrected chi connectivity index (χ0v) is 9.35. The maximum Gasteiger partial charge on any atom is 0.252 e. The lowest BCUT2D eigenvalue weighted by molar-refractivity contribution is -0.147. The van der Waals surface area contributed by atoms with Crippen molar-refractivity contribution in [2.45, 2.75) is 6.42 Å². The van der Waals surface area contributed by atoms with Gasteiger partial charge in [-0.25, -0.2) is 0 Å². The summed E-state index contributed by atoms with van der Waals surface area (Å²) in [6.07, 6.45) is 0.865. The second-order valence-corrected chi connectivity index (χ2v) is 4.52. The first-order chi connectivity index (χ1) is 8.27. The maximum absolute atomic E-state index is 12.4. The monoisotopic (exact) mass is 228 g/mol. The first-order valence-electron chi connectivity index (χ1n) is 5.66. The van der Waals surface area contributed by atoms with E-state index in [2.05, 4.69) is 6.07 Å². The molecule has 2 heterocycles. The summed E-state index contributed by atoms with van der Waals surface area (Å²) < 4.78 is 5.03. The first-order valence-corrected chi connectivity index (χ1v) is 5.66. The summed E-state index contributed by atoms with van der Waals surface area (Å²) in [5.41, 5.74) is 1.17. The molecule has 0 N–H and O–H groups in total. The van der Waals surface area contributed by atoms with E-state index in [-0.39, 0.29) is 19.1 Å². The van der Waals surface area contributed by atoms with E-state index in [0.29, 0.717) is 6.54 Å².